The SMILES string of the molecule is CCCCCC(C)(OCCC)C(=O)Nc1ccc(OC2CCCC2)cc1. The van der Waals surface area contributed by atoms with Gasteiger partial charge in [-0.05, 0) is 69.7 Å². The van der Waals surface area contributed by atoms with E-state index in [-0.39, 0.29) is 5.91 Å². The maximum atomic E-state index is 12.8. The van der Waals surface area contributed by atoms with Crippen molar-refractivity contribution in [3.05, 3.63) is 24.3 Å². The summed E-state index contributed by atoms with van der Waals surface area (Å²) in [6.07, 6.45) is 10.0. The van der Waals surface area contributed by atoms with E-state index < -0.39 is 5.60 Å². The van der Waals surface area contributed by atoms with Crippen molar-refractivity contribution in [1.82, 2.24) is 0 Å². The highest BCUT2D eigenvalue weighted by molar-refractivity contribution is 5.97. The maximum absolute atomic E-state index is 12.8. The number of hydrogen-bond donors (Lipinski definition) is 1. The second kappa shape index (κ2) is 10.6. The summed E-state index contributed by atoms with van der Waals surface area (Å²) in [6.45, 7) is 6.74. The van der Waals surface area contributed by atoms with E-state index in [0.717, 1.165) is 56.4 Å². The van der Waals surface area contributed by atoms with Crippen molar-refractivity contribution >= 4 is 11.6 Å². The van der Waals surface area contributed by atoms with Gasteiger partial charge in [0.25, 0.3) is 5.91 Å². The Morgan fingerprint density at radius 2 is 1.81 bits per heavy atom. The van der Waals surface area contributed by atoms with Crippen molar-refractivity contribution in [2.45, 2.75) is 90.3 Å². The van der Waals surface area contributed by atoms with Crippen molar-refractivity contribution in [3.63, 3.8) is 0 Å². The number of ether oxygens (including phenoxy) is 2. The third-order valence-electron chi connectivity index (χ3n) is 5.08. The monoisotopic (exact) mass is 361 g/mol. The van der Waals surface area contributed by atoms with Crippen LogP contribution in [0.4, 0.5) is 5.69 Å². The van der Waals surface area contributed by atoms with Crippen LogP contribution in [-0.4, -0.2) is 24.2 Å². The highest BCUT2D eigenvalue weighted by Crippen LogP contribution is 2.26. The molecule has 1 N–H and O–H groups in total. The van der Waals surface area contributed by atoms with E-state index in [4.69, 9.17) is 9.47 Å². The molecular weight excluding hydrogens is 326 g/mol. The Kier molecular flexibility index (Phi) is 8.43. The average molecular weight is 362 g/mol. The molecule has 1 amide bonds. The minimum absolute atomic E-state index is 0.0634. The van der Waals surface area contributed by atoms with Gasteiger partial charge >= 0.3 is 0 Å². The molecule has 2 rings (SSSR count). The Morgan fingerprint density at radius 1 is 1.12 bits per heavy atom. The minimum Gasteiger partial charge on any atom is -0.490 e. The summed E-state index contributed by atoms with van der Waals surface area (Å²) in [5.74, 6) is 0.814. The molecule has 26 heavy (non-hydrogen) atoms. The Labute approximate surface area is 158 Å². The fourth-order valence-electron chi connectivity index (χ4n) is 3.37. The number of carbonyl (C=O) groups is 1. The summed E-state index contributed by atoms with van der Waals surface area (Å²) < 4.78 is 11.9. The number of hydrogen-bond acceptors (Lipinski definition) is 3. The van der Waals surface area contributed by atoms with Crippen LogP contribution in [0.1, 0.15) is 78.6 Å². The molecule has 0 heterocycles. The second-order valence-corrected chi connectivity index (χ2v) is 7.54. The maximum Gasteiger partial charge on any atom is 0.256 e. The van der Waals surface area contributed by atoms with E-state index in [1.165, 1.54) is 12.8 Å². The van der Waals surface area contributed by atoms with Gasteiger partial charge in [0.05, 0.1) is 6.10 Å². The molecule has 0 spiro atoms. The van der Waals surface area contributed by atoms with Crippen LogP contribution in [0.2, 0.25) is 0 Å². The molecule has 1 aliphatic rings. The first-order chi connectivity index (χ1) is 12.6. The van der Waals surface area contributed by atoms with Gasteiger partial charge < -0.3 is 14.8 Å². The van der Waals surface area contributed by atoms with Crippen molar-refractivity contribution in [1.29, 1.82) is 0 Å². The van der Waals surface area contributed by atoms with Crippen molar-refractivity contribution in [2.75, 3.05) is 11.9 Å². The Morgan fingerprint density at radius 3 is 2.42 bits per heavy atom. The zero-order chi connectivity index (χ0) is 18.8. The molecule has 0 radical (unpaired) electrons. The first kappa shape index (κ1) is 20.8. The quantitative estimate of drug-likeness (QED) is 0.513. The van der Waals surface area contributed by atoms with Gasteiger partial charge in [-0.25, -0.2) is 0 Å². The minimum atomic E-state index is -0.774. The molecule has 1 aromatic rings. The van der Waals surface area contributed by atoms with Crippen LogP contribution in [0, 0.1) is 0 Å². The predicted octanol–water partition coefficient (Wildman–Crippen LogP) is 5.71. The van der Waals surface area contributed by atoms with Crippen molar-refractivity contribution in [2.24, 2.45) is 0 Å². The topological polar surface area (TPSA) is 47.6 Å². The van der Waals surface area contributed by atoms with Gasteiger partial charge in [0.2, 0.25) is 0 Å². The number of rotatable bonds is 11. The second-order valence-electron chi connectivity index (χ2n) is 7.54. The lowest BCUT2D eigenvalue weighted by molar-refractivity contribution is -0.140. The smallest absolute Gasteiger partial charge is 0.256 e. The van der Waals surface area contributed by atoms with E-state index in [2.05, 4.69) is 19.2 Å². The highest BCUT2D eigenvalue weighted by Gasteiger charge is 2.33. The molecular formula is C22H35NO3. The molecule has 1 atom stereocenters. The number of amides is 1. The molecule has 1 aromatic carbocycles. The zero-order valence-electron chi connectivity index (χ0n) is 16.7. The highest BCUT2D eigenvalue weighted by atomic mass is 16.5. The third kappa shape index (κ3) is 6.31. The normalized spacial score (nSPS) is 17.0. The Balaban J connectivity index is 1.93. The van der Waals surface area contributed by atoms with Gasteiger partial charge in [-0.15, -0.1) is 0 Å². The van der Waals surface area contributed by atoms with Gasteiger partial charge in [0.1, 0.15) is 11.4 Å². The predicted molar refractivity (Wildman–Crippen MR) is 107 cm³/mol. The van der Waals surface area contributed by atoms with Gasteiger partial charge in [-0.1, -0.05) is 33.1 Å². The van der Waals surface area contributed by atoms with Crippen LogP contribution < -0.4 is 10.1 Å². The van der Waals surface area contributed by atoms with E-state index in [9.17, 15) is 4.79 Å². The summed E-state index contributed by atoms with van der Waals surface area (Å²) in [4.78, 5) is 12.8. The van der Waals surface area contributed by atoms with Crippen molar-refractivity contribution in [3.8, 4) is 5.75 Å². The summed E-state index contributed by atoms with van der Waals surface area (Å²) in [5.41, 5.74) is 0.0140. The van der Waals surface area contributed by atoms with Crippen LogP contribution in [0.15, 0.2) is 24.3 Å². The largest absolute Gasteiger partial charge is 0.490 e. The standard InChI is InChI=1S/C22H35NO3/c1-4-6-9-16-22(3,25-17-5-2)21(24)23-18-12-14-20(15-13-18)26-19-10-7-8-11-19/h12-15,19H,4-11,16-17H2,1-3H3,(H,23,24). The lowest BCUT2D eigenvalue weighted by atomic mass is 9.96. The summed E-state index contributed by atoms with van der Waals surface area (Å²) in [7, 11) is 0. The van der Waals surface area contributed by atoms with Crippen LogP contribution in [0.25, 0.3) is 0 Å². The molecule has 4 heteroatoms. The summed E-state index contributed by atoms with van der Waals surface area (Å²) in [5, 5.41) is 3.02. The first-order valence-corrected chi connectivity index (χ1v) is 10.3. The number of anilines is 1. The van der Waals surface area contributed by atoms with Gasteiger partial charge in [-0.2, -0.15) is 0 Å². The van der Waals surface area contributed by atoms with E-state index in [1.807, 2.05) is 31.2 Å². The number of unbranched alkanes of at least 4 members (excludes halogenated alkanes) is 2. The van der Waals surface area contributed by atoms with Crippen LogP contribution in [0.5, 0.6) is 5.75 Å². The van der Waals surface area contributed by atoms with Gasteiger partial charge in [0.15, 0.2) is 0 Å². The molecule has 1 fully saturated rings. The summed E-state index contributed by atoms with van der Waals surface area (Å²) in [6, 6.07) is 7.70. The van der Waals surface area contributed by atoms with Gasteiger partial charge in [0, 0.05) is 12.3 Å². The Bertz CT molecular complexity index is 537. The fourth-order valence-corrected chi connectivity index (χ4v) is 3.37. The molecule has 1 unspecified atom stereocenters. The Hall–Kier alpha value is -1.55. The van der Waals surface area contributed by atoms with Crippen LogP contribution >= 0.6 is 0 Å². The molecule has 0 aromatic heterocycles. The van der Waals surface area contributed by atoms with E-state index in [0.29, 0.717) is 12.7 Å². The zero-order valence-corrected chi connectivity index (χ0v) is 16.7. The molecule has 146 valence electrons. The summed E-state index contributed by atoms with van der Waals surface area (Å²) >= 11 is 0. The third-order valence-corrected chi connectivity index (χ3v) is 5.08. The first-order valence-electron chi connectivity index (χ1n) is 10.3. The molecule has 1 aliphatic carbocycles. The molecule has 0 bridgehead atoms. The lowest BCUT2D eigenvalue weighted by Crippen LogP contribution is -2.43. The van der Waals surface area contributed by atoms with Crippen LogP contribution in [0.3, 0.4) is 0 Å². The number of carbonyl (C=O) groups excluding carboxylic acids is 1. The fraction of sp³-hybridized carbons (Fsp3) is 0.682. The van der Waals surface area contributed by atoms with Crippen LogP contribution in [-0.2, 0) is 9.53 Å². The molecule has 0 saturated heterocycles. The van der Waals surface area contributed by atoms with Crippen molar-refractivity contribution < 1.29 is 14.3 Å². The van der Waals surface area contributed by atoms with E-state index >= 15 is 0 Å². The molecule has 1 saturated carbocycles. The number of benzene rings is 1. The lowest BCUT2D eigenvalue weighted by Gasteiger charge is -2.28. The van der Waals surface area contributed by atoms with E-state index in [1.54, 1.807) is 0 Å². The average Bonchev–Trinajstić information content (AvgIpc) is 3.15. The molecule has 0 aliphatic heterocycles. The van der Waals surface area contributed by atoms with Gasteiger partial charge in [-0.3, -0.25) is 4.79 Å². The number of nitrogens with one attached hydrogen (secondary N) is 1. The molecule has 4 nitrogen and oxygen atoms in total.